The number of alkyl halides is 6. The first-order chi connectivity index (χ1) is 22.8. The minimum atomic E-state index is -5.82. The predicted molar refractivity (Wildman–Crippen MR) is 158 cm³/mol. The smallest absolute Gasteiger partial charge is 0.459 e. The van der Waals surface area contributed by atoms with Crippen LogP contribution in [0.5, 0.6) is 0 Å². The summed E-state index contributed by atoms with van der Waals surface area (Å²) in [6.07, 6.45) is -11.4. The molecular weight excluding hydrogens is 670 g/mol. The second-order valence-corrected chi connectivity index (χ2v) is 10.8. The molecule has 0 aromatic heterocycles. The summed E-state index contributed by atoms with van der Waals surface area (Å²) in [5, 5.41) is 17.2. The zero-order valence-electron chi connectivity index (χ0n) is 26.1. The van der Waals surface area contributed by atoms with Gasteiger partial charge < -0.3 is 30.7 Å². The first-order valence-corrected chi connectivity index (χ1v) is 14.6. The van der Waals surface area contributed by atoms with Crippen molar-refractivity contribution < 1.29 is 65.0 Å². The molecule has 3 rings (SSSR count). The molecule has 4 amide bonds. The van der Waals surface area contributed by atoms with Gasteiger partial charge in [0.25, 0.3) is 0 Å². The van der Waals surface area contributed by atoms with Gasteiger partial charge in [0.15, 0.2) is 0 Å². The van der Waals surface area contributed by atoms with Crippen LogP contribution in [0.4, 0.5) is 31.1 Å². The average molecular weight is 705 g/mol. The molecule has 18 heteroatoms. The molecule has 1 aliphatic rings. The molecule has 12 nitrogen and oxygen atoms in total. The number of aliphatic carboxylic acids is 1. The first kappa shape index (κ1) is 40.0. The maximum Gasteiger partial charge on any atom is 0.459 e. The number of carboxylic acid groups (broad SMARTS) is 1. The zero-order chi connectivity index (χ0) is 36.9. The molecule has 0 unspecified atom stereocenters. The lowest BCUT2D eigenvalue weighted by Gasteiger charge is -2.28. The van der Waals surface area contributed by atoms with Gasteiger partial charge in [-0.2, -0.15) is 26.3 Å². The number of amides is 4. The van der Waals surface area contributed by atoms with Gasteiger partial charge in [-0.05, 0) is 37.8 Å². The highest BCUT2D eigenvalue weighted by molar-refractivity contribution is 5.95. The third kappa shape index (κ3) is 13.1. The van der Waals surface area contributed by atoms with Crippen molar-refractivity contribution in [3.05, 3.63) is 71.8 Å². The van der Waals surface area contributed by atoms with E-state index in [9.17, 15) is 60.2 Å². The summed E-state index contributed by atoms with van der Waals surface area (Å²) in [6, 6.07) is 14.0. The minimum absolute atomic E-state index is 0.0440. The Hall–Kier alpha value is -5.16. The van der Waals surface area contributed by atoms with Gasteiger partial charge in [0.05, 0.1) is 0 Å². The minimum Gasteiger partial charge on any atom is -0.480 e. The summed E-state index contributed by atoms with van der Waals surface area (Å²) in [6.45, 7) is 3.29. The monoisotopic (exact) mass is 704 g/mol. The van der Waals surface area contributed by atoms with Gasteiger partial charge in [-0.25, -0.2) is 9.59 Å². The molecular formula is C31H34F6N4O8. The Morgan fingerprint density at radius 1 is 0.816 bits per heavy atom. The van der Waals surface area contributed by atoms with Crippen molar-refractivity contribution in [3.63, 3.8) is 0 Å². The van der Waals surface area contributed by atoms with E-state index in [4.69, 9.17) is 4.74 Å². The molecule has 0 spiro atoms. The number of ketones is 1. The van der Waals surface area contributed by atoms with E-state index in [0.717, 1.165) is 11.1 Å². The van der Waals surface area contributed by atoms with Crippen molar-refractivity contribution >= 4 is 35.6 Å². The Morgan fingerprint density at radius 2 is 1.35 bits per heavy atom. The molecule has 4 atom stereocenters. The quantitative estimate of drug-likeness (QED) is 0.258. The number of carbonyl (C=O) groups is 6. The Bertz CT molecular complexity index is 1440. The van der Waals surface area contributed by atoms with Crippen LogP contribution < -0.4 is 16.0 Å². The van der Waals surface area contributed by atoms with Crippen molar-refractivity contribution in [1.82, 2.24) is 20.9 Å². The number of likely N-dealkylation sites (tertiary alicyclic amines) is 1. The number of alkyl carbamates (subject to hydrolysis) is 1. The van der Waals surface area contributed by atoms with Crippen LogP contribution in [0, 0.1) is 0 Å². The normalized spacial score (nSPS) is 16.2. The van der Waals surface area contributed by atoms with E-state index >= 15 is 0 Å². The van der Waals surface area contributed by atoms with E-state index in [-0.39, 0.29) is 13.0 Å². The molecule has 4 N–H and O–H groups in total. The zero-order valence-corrected chi connectivity index (χ0v) is 26.1. The maximum atomic E-state index is 13.1. The number of ether oxygens (including phenoxy) is 1. The van der Waals surface area contributed by atoms with Gasteiger partial charge in [-0.1, -0.05) is 60.7 Å². The number of hydrogen-bond donors (Lipinski definition) is 4. The van der Waals surface area contributed by atoms with Crippen LogP contribution in [0.25, 0.3) is 0 Å². The van der Waals surface area contributed by atoms with E-state index in [0.29, 0.717) is 19.4 Å². The fourth-order valence-electron chi connectivity index (χ4n) is 4.44. The molecule has 1 aliphatic heterocycles. The Kier molecular flexibility index (Phi) is 14.6. The van der Waals surface area contributed by atoms with Crippen LogP contribution in [0.3, 0.4) is 0 Å². The van der Waals surface area contributed by atoms with Crippen LogP contribution in [-0.4, -0.2) is 88.6 Å². The molecule has 49 heavy (non-hydrogen) atoms. The number of nitrogens with one attached hydrogen (secondary N) is 3. The van der Waals surface area contributed by atoms with Gasteiger partial charge in [0, 0.05) is 13.0 Å². The summed E-state index contributed by atoms with van der Waals surface area (Å²) in [4.78, 5) is 73.1. The molecule has 1 saturated heterocycles. The Balaban J connectivity index is 0.000000722. The lowest BCUT2D eigenvalue weighted by molar-refractivity contribution is -0.217. The second-order valence-electron chi connectivity index (χ2n) is 10.8. The molecule has 2 aromatic carbocycles. The van der Waals surface area contributed by atoms with E-state index in [2.05, 4.69) is 16.0 Å². The SMILES string of the molecule is C[C@H](NC(=O)OCc1ccccc1)C(=O)N[C@@H](C)C(=O)N1CCC[C@H]1C(=O)N[C@@H](Cc1ccccc1)C(=O)O.O=C(C(F)(F)F)C(F)(F)F. The fraction of sp³-hybridized carbons (Fsp3) is 0.419. The molecule has 0 radical (unpaired) electrons. The molecule has 0 saturated carbocycles. The standard InChI is InChI=1S/C28H34N4O7.C3F6O/c1-18(30-28(38)39-17-21-12-7-4-8-13-21)24(33)29-19(2)26(35)32-15-9-14-23(32)25(34)31-22(27(36)37)16-20-10-5-3-6-11-20;4-2(5,6)1(10)3(7,8)9/h3-8,10-13,18-19,22-23H,9,14-17H2,1-2H3,(H,29,33)(H,30,38)(H,31,34)(H,36,37);/t18-,19-,22-,23-;/m0./s1. The van der Waals surface area contributed by atoms with Crippen LogP contribution in [0.1, 0.15) is 37.8 Å². The molecule has 0 aliphatic carbocycles. The van der Waals surface area contributed by atoms with E-state index < -0.39 is 72.1 Å². The highest BCUT2D eigenvalue weighted by Gasteiger charge is 2.55. The van der Waals surface area contributed by atoms with E-state index in [1.165, 1.54) is 18.7 Å². The average Bonchev–Trinajstić information content (AvgIpc) is 3.53. The van der Waals surface area contributed by atoms with E-state index in [1.54, 1.807) is 36.4 Å². The maximum absolute atomic E-state index is 13.1. The number of Topliss-reactive ketones (excluding diaryl/α,β-unsaturated/α-hetero) is 1. The van der Waals surface area contributed by atoms with Crippen LogP contribution in [0.15, 0.2) is 60.7 Å². The van der Waals surface area contributed by atoms with Gasteiger partial charge in [-0.15, -0.1) is 0 Å². The fourth-order valence-corrected chi connectivity index (χ4v) is 4.44. The third-order valence-electron chi connectivity index (χ3n) is 6.92. The van der Waals surface area contributed by atoms with Crippen molar-refractivity contribution in [2.45, 2.75) is 76.2 Å². The summed E-state index contributed by atoms with van der Waals surface area (Å²) in [5.41, 5.74) is 1.55. The van der Waals surface area contributed by atoms with Gasteiger partial charge in [0.2, 0.25) is 17.7 Å². The van der Waals surface area contributed by atoms with Crippen LogP contribution in [0.2, 0.25) is 0 Å². The van der Waals surface area contributed by atoms with Gasteiger partial charge >= 0.3 is 30.2 Å². The molecule has 0 bridgehead atoms. The second kappa shape index (κ2) is 17.8. The highest BCUT2D eigenvalue weighted by Crippen LogP contribution is 2.28. The van der Waals surface area contributed by atoms with Crippen molar-refractivity contribution in [2.75, 3.05) is 6.54 Å². The number of benzene rings is 2. The van der Waals surface area contributed by atoms with Crippen molar-refractivity contribution in [2.24, 2.45) is 0 Å². The summed E-state index contributed by atoms with van der Waals surface area (Å²) in [7, 11) is 0. The number of carbonyl (C=O) groups excluding carboxylic acids is 5. The van der Waals surface area contributed by atoms with E-state index in [1.807, 2.05) is 24.3 Å². The van der Waals surface area contributed by atoms with Gasteiger partial charge in [0.1, 0.15) is 30.8 Å². The number of carboxylic acids is 1. The van der Waals surface area contributed by atoms with Crippen molar-refractivity contribution in [3.8, 4) is 0 Å². The molecule has 1 fully saturated rings. The van der Waals surface area contributed by atoms with Crippen molar-refractivity contribution in [1.29, 1.82) is 0 Å². The van der Waals surface area contributed by atoms with Gasteiger partial charge in [-0.3, -0.25) is 19.2 Å². The van der Waals surface area contributed by atoms with Crippen LogP contribution in [-0.2, 0) is 41.7 Å². The first-order valence-electron chi connectivity index (χ1n) is 14.6. The molecule has 268 valence electrons. The Morgan fingerprint density at radius 3 is 1.84 bits per heavy atom. The third-order valence-corrected chi connectivity index (χ3v) is 6.92. The highest BCUT2D eigenvalue weighted by atomic mass is 19.4. The molecule has 2 aromatic rings. The lowest BCUT2D eigenvalue weighted by atomic mass is 10.1. The number of nitrogens with zero attached hydrogens (tertiary/aromatic N) is 1. The Labute approximate surface area is 276 Å². The number of rotatable bonds is 11. The molecule has 1 heterocycles. The largest absolute Gasteiger partial charge is 0.480 e. The summed E-state index contributed by atoms with van der Waals surface area (Å²) < 4.78 is 70.4. The number of hydrogen-bond acceptors (Lipinski definition) is 7. The summed E-state index contributed by atoms with van der Waals surface area (Å²) in [5.74, 6) is -6.48. The van der Waals surface area contributed by atoms with Crippen LogP contribution >= 0.6 is 0 Å². The predicted octanol–water partition coefficient (Wildman–Crippen LogP) is 3.29. The number of halogens is 6. The lowest BCUT2D eigenvalue weighted by Crippen LogP contribution is -2.56. The topological polar surface area (TPSA) is 171 Å². The summed E-state index contributed by atoms with van der Waals surface area (Å²) >= 11 is 0.